The van der Waals surface area contributed by atoms with Crippen LogP contribution in [-0.4, -0.2) is 0 Å². The van der Waals surface area contributed by atoms with Crippen LogP contribution in [0.5, 0.6) is 0 Å². The number of hydrogen-bond donors (Lipinski definition) is 0. The van der Waals surface area contributed by atoms with Gasteiger partial charge in [0.15, 0.2) is 0 Å². The van der Waals surface area contributed by atoms with Crippen molar-refractivity contribution in [1.82, 2.24) is 0 Å². The molecule has 0 aliphatic carbocycles. The fraction of sp³-hybridized carbons (Fsp3) is 0. The van der Waals surface area contributed by atoms with E-state index in [2.05, 4.69) is 48.2 Å². The molecule has 0 saturated heterocycles. The highest BCUT2D eigenvalue weighted by atomic mass is 32.1. The third kappa shape index (κ3) is 2.53. The first-order valence-electron chi connectivity index (χ1n) is 5.62. The summed E-state index contributed by atoms with van der Waals surface area (Å²) in [5.74, 6) is 6.40. The Bertz CT molecular complexity index is 680. The van der Waals surface area contributed by atoms with Crippen LogP contribution in [0.25, 0.3) is 10.4 Å². The zero-order valence-corrected chi connectivity index (χ0v) is 11.2. The molecule has 0 unspecified atom stereocenters. The Morgan fingerprint density at radius 2 is 1.56 bits per heavy atom. The average molecular weight is 266 g/mol. The molecule has 0 aliphatic rings. The summed E-state index contributed by atoms with van der Waals surface area (Å²) in [6.45, 7) is 0. The van der Waals surface area contributed by atoms with Gasteiger partial charge in [-0.3, -0.25) is 0 Å². The van der Waals surface area contributed by atoms with E-state index >= 15 is 0 Å². The van der Waals surface area contributed by atoms with Gasteiger partial charge >= 0.3 is 0 Å². The van der Waals surface area contributed by atoms with E-state index in [0.717, 1.165) is 9.75 Å². The summed E-state index contributed by atoms with van der Waals surface area (Å²) < 4.78 is 0. The summed E-state index contributed by atoms with van der Waals surface area (Å²) in [4.78, 5) is 3.50. The molecule has 0 saturated carbocycles. The predicted octanol–water partition coefficient (Wildman–Crippen LogP) is 4.88. The van der Waals surface area contributed by atoms with Gasteiger partial charge in [0.05, 0.1) is 9.75 Å². The first-order chi connectivity index (χ1) is 8.92. The second kappa shape index (κ2) is 5.22. The Morgan fingerprint density at radius 1 is 0.722 bits per heavy atom. The van der Waals surface area contributed by atoms with E-state index in [-0.39, 0.29) is 0 Å². The Kier molecular flexibility index (Phi) is 3.27. The van der Waals surface area contributed by atoms with Crippen molar-refractivity contribution in [3.8, 4) is 22.3 Å². The quantitative estimate of drug-likeness (QED) is 0.551. The van der Waals surface area contributed by atoms with E-state index in [9.17, 15) is 0 Å². The molecule has 0 radical (unpaired) electrons. The van der Waals surface area contributed by atoms with E-state index in [0.29, 0.717) is 0 Å². The maximum absolute atomic E-state index is 3.22. The Hall–Kier alpha value is -1.82. The fourth-order valence-electron chi connectivity index (χ4n) is 1.64. The molecule has 2 aromatic heterocycles. The predicted molar refractivity (Wildman–Crippen MR) is 80.1 cm³/mol. The lowest BCUT2D eigenvalue weighted by molar-refractivity contribution is 1.70. The van der Waals surface area contributed by atoms with E-state index in [1.165, 1.54) is 10.4 Å². The lowest BCUT2D eigenvalue weighted by Crippen LogP contribution is -1.67. The van der Waals surface area contributed by atoms with Gasteiger partial charge in [0.25, 0.3) is 0 Å². The largest absolute Gasteiger partial charge is 0.135 e. The smallest absolute Gasteiger partial charge is 0.0779 e. The van der Waals surface area contributed by atoms with Crippen LogP contribution in [-0.2, 0) is 0 Å². The van der Waals surface area contributed by atoms with Crippen LogP contribution in [0.2, 0.25) is 0 Å². The highest BCUT2D eigenvalue weighted by molar-refractivity contribution is 7.16. The minimum Gasteiger partial charge on any atom is -0.135 e. The van der Waals surface area contributed by atoms with Crippen molar-refractivity contribution >= 4 is 22.7 Å². The maximum Gasteiger partial charge on any atom is 0.0779 e. The SMILES string of the molecule is C(#Cc1ccc(-c2ccccc2)s1)c1cccs1. The molecule has 1 aromatic carbocycles. The zero-order chi connectivity index (χ0) is 12.2. The number of thiophene rings is 2. The van der Waals surface area contributed by atoms with E-state index in [1.54, 1.807) is 22.7 Å². The fourth-order valence-corrected chi connectivity index (χ4v) is 3.07. The van der Waals surface area contributed by atoms with Gasteiger partial charge in [-0.15, -0.1) is 22.7 Å². The van der Waals surface area contributed by atoms with Crippen LogP contribution in [0, 0.1) is 11.8 Å². The monoisotopic (exact) mass is 266 g/mol. The second-order valence-electron chi connectivity index (χ2n) is 3.76. The minimum absolute atomic E-state index is 1.11. The lowest BCUT2D eigenvalue weighted by Gasteiger charge is -1.93. The molecule has 0 bridgehead atoms. The van der Waals surface area contributed by atoms with Crippen LogP contribution >= 0.6 is 22.7 Å². The third-order valence-electron chi connectivity index (χ3n) is 2.49. The average Bonchev–Trinajstić information content (AvgIpc) is 3.09. The van der Waals surface area contributed by atoms with Gasteiger partial charge in [0.1, 0.15) is 0 Å². The van der Waals surface area contributed by atoms with Crippen molar-refractivity contribution in [2.24, 2.45) is 0 Å². The topological polar surface area (TPSA) is 0 Å². The van der Waals surface area contributed by atoms with Crippen LogP contribution in [0.4, 0.5) is 0 Å². The van der Waals surface area contributed by atoms with Crippen molar-refractivity contribution in [3.05, 3.63) is 69.7 Å². The van der Waals surface area contributed by atoms with Crippen molar-refractivity contribution in [2.45, 2.75) is 0 Å². The minimum atomic E-state index is 1.11. The molecule has 0 atom stereocenters. The molecule has 0 spiro atoms. The molecular formula is C16H10S2. The zero-order valence-electron chi connectivity index (χ0n) is 9.59. The molecular weight excluding hydrogens is 256 g/mol. The summed E-state index contributed by atoms with van der Waals surface area (Å²) in [7, 11) is 0. The van der Waals surface area contributed by atoms with Gasteiger partial charge in [0, 0.05) is 4.88 Å². The Labute approximate surface area is 115 Å². The molecule has 86 valence electrons. The van der Waals surface area contributed by atoms with Gasteiger partial charge < -0.3 is 0 Å². The molecule has 2 heteroatoms. The Balaban J connectivity index is 1.86. The van der Waals surface area contributed by atoms with Crippen LogP contribution in [0.3, 0.4) is 0 Å². The third-order valence-corrected chi connectivity index (χ3v) is 4.33. The lowest BCUT2D eigenvalue weighted by atomic mass is 10.2. The van der Waals surface area contributed by atoms with E-state index < -0.39 is 0 Å². The van der Waals surface area contributed by atoms with Crippen molar-refractivity contribution in [3.63, 3.8) is 0 Å². The van der Waals surface area contributed by atoms with Gasteiger partial charge in [-0.1, -0.05) is 36.4 Å². The van der Waals surface area contributed by atoms with Crippen LogP contribution < -0.4 is 0 Å². The molecule has 0 aliphatic heterocycles. The summed E-state index contributed by atoms with van der Waals surface area (Å²) >= 11 is 3.42. The highest BCUT2D eigenvalue weighted by Crippen LogP contribution is 2.27. The molecule has 18 heavy (non-hydrogen) atoms. The van der Waals surface area contributed by atoms with Gasteiger partial charge in [-0.05, 0) is 41.0 Å². The molecule has 0 N–H and O–H groups in total. The molecule has 0 amide bonds. The molecule has 3 rings (SSSR count). The first-order valence-corrected chi connectivity index (χ1v) is 7.32. The van der Waals surface area contributed by atoms with Gasteiger partial charge in [-0.25, -0.2) is 0 Å². The van der Waals surface area contributed by atoms with E-state index in [4.69, 9.17) is 0 Å². The number of hydrogen-bond acceptors (Lipinski definition) is 2. The summed E-state index contributed by atoms with van der Waals surface area (Å²) in [6.07, 6.45) is 0. The van der Waals surface area contributed by atoms with Gasteiger partial charge in [0.2, 0.25) is 0 Å². The molecule has 2 heterocycles. The number of rotatable bonds is 1. The molecule has 0 fully saturated rings. The highest BCUT2D eigenvalue weighted by Gasteiger charge is 2.00. The number of benzene rings is 1. The van der Waals surface area contributed by atoms with Crippen LogP contribution in [0.15, 0.2) is 60.0 Å². The summed E-state index contributed by atoms with van der Waals surface area (Å²) in [5, 5.41) is 2.05. The maximum atomic E-state index is 3.22. The summed E-state index contributed by atoms with van der Waals surface area (Å²) in [6, 6.07) is 18.7. The van der Waals surface area contributed by atoms with Gasteiger partial charge in [-0.2, -0.15) is 0 Å². The molecule has 3 aromatic rings. The molecule has 0 nitrogen and oxygen atoms in total. The first kappa shape index (κ1) is 11.3. The Morgan fingerprint density at radius 3 is 2.33 bits per heavy atom. The van der Waals surface area contributed by atoms with Crippen molar-refractivity contribution < 1.29 is 0 Å². The van der Waals surface area contributed by atoms with Crippen LogP contribution in [0.1, 0.15) is 9.75 Å². The van der Waals surface area contributed by atoms with E-state index in [1.807, 2.05) is 23.6 Å². The standard InChI is InChI=1S/C16H10S2/c1-2-5-13(6-3-1)16-11-10-15(18-16)9-8-14-7-4-12-17-14/h1-7,10-12H. The normalized spacial score (nSPS) is 9.78. The summed E-state index contributed by atoms with van der Waals surface area (Å²) in [5.41, 5.74) is 1.26. The van der Waals surface area contributed by atoms with Crippen molar-refractivity contribution in [1.29, 1.82) is 0 Å². The second-order valence-corrected chi connectivity index (χ2v) is 5.79. The van der Waals surface area contributed by atoms with Crippen molar-refractivity contribution in [2.75, 3.05) is 0 Å².